The molecule has 6 heteroatoms. The van der Waals surface area contributed by atoms with Gasteiger partial charge >= 0.3 is 6.18 Å². The summed E-state index contributed by atoms with van der Waals surface area (Å²) in [6.07, 6.45) is -2.72. The standard InChI is InChI=1S/C16H18F3N3/c1-15(2,3)21-10-13-8-9-20-14(22-13)11-4-6-12(7-5-11)16(17,18)19/h4-9,21H,10H2,1-3H3. The van der Waals surface area contributed by atoms with Crippen molar-refractivity contribution in [2.75, 3.05) is 0 Å². The molecule has 0 amide bonds. The van der Waals surface area contributed by atoms with E-state index in [9.17, 15) is 13.2 Å². The van der Waals surface area contributed by atoms with Crippen molar-refractivity contribution in [1.82, 2.24) is 15.3 Å². The van der Waals surface area contributed by atoms with Gasteiger partial charge in [0.05, 0.1) is 11.3 Å². The number of halogens is 3. The van der Waals surface area contributed by atoms with Crippen LogP contribution in [-0.4, -0.2) is 15.5 Å². The Labute approximate surface area is 127 Å². The van der Waals surface area contributed by atoms with E-state index in [1.54, 1.807) is 12.3 Å². The van der Waals surface area contributed by atoms with Crippen molar-refractivity contribution in [3.05, 3.63) is 47.8 Å². The molecule has 118 valence electrons. The maximum Gasteiger partial charge on any atom is 0.416 e. The molecule has 0 atom stereocenters. The van der Waals surface area contributed by atoms with Crippen molar-refractivity contribution < 1.29 is 13.2 Å². The molecule has 0 unspecified atom stereocenters. The molecule has 0 spiro atoms. The minimum absolute atomic E-state index is 0.0422. The molecule has 0 aliphatic heterocycles. The summed E-state index contributed by atoms with van der Waals surface area (Å²) < 4.78 is 37.7. The molecule has 1 heterocycles. The van der Waals surface area contributed by atoms with Gasteiger partial charge in [0.15, 0.2) is 5.82 Å². The lowest BCUT2D eigenvalue weighted by atomic mass is 10.1. The number of benzene rings is 1. The van der Waals surface area contributed by atoms with Gasteiger partial charge in [-0.25, -0.2) is 9.97 Å². The fourth-order valence-corrected chi connectivity index (χ4v) is 1.80. The van der Waals surface area contributed by atoms with Crippen LogP contribution in [0.4, 0.5) is 13.2 Å². The molecular weight excluding hydrogens is 291 g/mol. The van der Waals surface area contributed by atoms with Crippen molar-refractivity contribution in [2.24, 2.45) is 0 Å². The summed E-state index contributed by atoms with van der Waals surface area (Å²) in [6, 6.07) is 6.64. The van der Waals surface area contributed by atoms with Crippen molar-refractivity contribution in [1.29, 1.82) is 0 Å². The molecule has 1 N–H and O–H groups in total. The van der Waals surface area contributed by atoms with Crippen LogP contribution < -0.4 is 5.32 Å². The molecule has 0 saturated heterocycles. The zero-order valence-electron chi connectivity index (χ0n) is 12.7. The van der Waals surface area contributed by atoms with E-state index in [0.717, 1.165) is 17.8 Å². The van der Waals surface area contributed by atoms with Gasteiger partial charge in [-0.2, -0.15) is 13.2 Å². The first kappa shape index (κ1) is 16.4. The predicted molar refractivity (Wildman–Crippen MR) is 79.1 cm³/mol. The van der Waals surface area contributed by atoms with E-state index in [0.29, 0.717) is 17.9 Å². The molecule has 0 aliphatic carbocycles. The van der Waals surface area contributed by atoms with Crippen molar-refractivity contribution >= 4 is 0 Å². The first-order chi connectivity index (χ1) is 10.1. The van der Waals surface area contributed by atoms with Gasteiger partial charge in [0, 0.05) is 23.8 Å². The summed E-state index contributed by atoms with van der Waals surface area (Å²) in [5.41, 5.74) is 0.631. The average molecular weight is 309 g/mol. The van der Waals surface area contributed by atoms with Crippen LogP contribution >= 0.6 is 0 Å². The van der Waals surface area contributed by atoms with Gasteiger partial charge in [0.1, 0.15) is 0 Å². The maximum absolute atomic E-state index is 12.6. The quantitative estimate of drug-likeness (QED) is 0.929. The Bertz CT molecular complexity index is 628. The number of nitrogens with one attached hydrogen (secondary N) is 1. The molecule has 0 fully saturated rings. The van der Waals surface area contributed by atoms with E-state index in [1.807, 2.05) is 20.8 Å². The van der Waals surface area contributed by atoms with Gasteiger partial charge in [-0.1, -0.05) is 12.1 Å². The smallest absolute Gasteiger partial charge is 0.306 e. The Morgan fingerprint density at radius 1 is 1.00 bits per heavy atom. The Morgan fingerprint density at radius 2 is 1.64 bits per heavy atom. The fraction of sp³-hybridized carbons (Fsp3) is 0.375. The summed E-state index contributed by atoms with van der Waals surface area (Å²) in [5.74, 6) is 0.418. The monoisotopic (exact) mass is 309 g/mol. The summed E-state index contributed by atoms with van der Waals surface area (Å²) in [4.78, 5) is 8.51. The summed E-state index contributed by atoms with van der Waals surface area (Å²) in [5, 5.41) is 3.31. The third-order valence-corrected chi connectivity index (χ3v) is 2.98. The highest BCUT2D eigenvalue weighted by molar-refractivity contribution is 5.55. The van der Waals surface area contributed by atoms with Crippen LogP contribution in [-0.2, 0) is 12.7 Å². The Hall–Kier alpha value is -1.95. The van der Waals surface area contributed by atoms with Crippen LogP contribution in [0, 0.1) is 0 Å². The van der Waals surface area contributed by atoms with E-state index < -0.39 is 11.7 Å². The third-order valence-electron chi connectivity index (χ3n) is 2.98. The fourth-order valence-electron chi connectivity index (χ4n) is 1.80. The Morgan fingerprint density at radius 3 is 2.18 bits per heavy atom. The molecule has 22 heavy (non-hydrogen) atoms. The molecule has 1 aromatic heterocycles. The lowest BCUT2D eigenvalue weighted by molar-refractivity contribution is -0.137. The Balaban J connectivity index is 2.19. The minimum Gasteiger partial charge on any atom is -0.306 e. The molecule has 0 saturated carbocycles. The SMILES string of the molecule is CC(C)(C)NCc1ccnc(-c2ccc(C(F)(F)F)cc2)n1. The van der Waals surface area contributed by atoms with Crippen LogP contribution in [0.15, 0.2) is 36.5 Å². The van der Waals surface area contributed by atoms with Crippen LogP contribution in [0.3, 0.4) is 0 Å². The van der Waals surface area contributed by atoms with Gasteiger partial charge in [-0.15, -0.1) is 0 Å². The molecule has 0 bridgehead atoms. The lowest BCUT2D eigenvalue weighted by Crippen LogP contribution is -2.35. The molecule has 2 rings (SSSR count). The van der Waals surface area contributed by atoms with Crippen LogP contribution in [0.5, 0.6) is 0 Å². The number of nitrogens with zero attached hydrogens (tertiary/aromatic N) is 2. The van der Waals surface area contributed by atoms with Crippen LogP contribution in [0.2, 0.25) is 0 Å². The summed E-state index contributed by atoms with van der Waals surface area (Å²) >= 11 is 0. The molecule has 1 aromatic carbocycles. The lowest BCUT2D eigenvalue weighted by Gasteiger charge is -2.20. The maximum atomic E-state index is 12.6. The molecule has 3 nitrogen and oxygen atoms in total. The van der Waals surface area contributed by atoms with Crippen LogP contribution in [0.1, 0.15) is 32.0 Å². The van der Waals surface area contributed by atoms with E-state index in [2.05, 4.69) is 15.3 Å². The number of hydrogen-bond acceptors (Lipinski definition) is 3. The Kier molecular flexibility index (Phi) is 4.51. The van der Waals surface area contributed by atoms with Crippen LogP contribution in [0.25, 0.3) is 11.4 Å². The van der Waals surface area contributed by atoms with Crippen molar-refractivity contribution in [2.45, 2.75) is 39.0 Å². The van der Waals surface area contributed by atoms with Gasteiger partial charge in [0.25, 0.3) is 0 Å². The second-order valence-electron chi connectivity index (χ2n) is 6.05. The van der Waals surface area contributed by atoms with Gasteiger partial charge < -0.3 is 5.32 Å². The van der Waals surface area contributed by atoms with Crippen molar-refractivity contribution in [3.8, 4) is 11.4 Å². The van der Waals surface area contributed by atoms with E-state index in [-0.39, 0.29) is 5.54 Å². The van der Waals surface area contributed by atoms with Crippen molar-refractivity contribution in [3.63, 3.8) is 0 Å². The number of hydrogen-bond donors (Lipinski definition) is 1. The minimum atomic E-state index is -4.34. The van der Waals surface area contributed by atoms with E-state index >= 15 is 0 Å². The number of aromatic nitrogens is 2. The van der Waals surface area contributed by atoms with Gasteiger partial charge in [-0.3, -0.25) is 0 Å². The molecular formula is C16H18F3N3. The van der Waals surface area contributed by atoms with E-state index in [4.69, 9.17) is 0 Å². The average Bonchev–Trinajstić information content (AvgIpc) is 2.44. The second-order valence-corrected chi connectivity index (χ2v) is 6.05. The van der Waals surface area contributed by atoms with Gasteiger partial charge in [0.2, 0.25) is 0 Å². The van der Waals surface area contributed by atoms with E-state index in [1.165, 1.54) is 12.1 Å². The molecule has 0 aliphatic rings. The summed E-state index contributed by atoms with van der Waals surface area (Å²) in [6.45, 7) is 6.71. The highest BCUT2D eigenvalue weighted by Crippen LogP contribution is 2.30. The van der Waals surface area contributed by atoms with Gasteiger partial charge in [-0.05, 0) is 39.0 Å². The topological polar surface area (TPSA) is 37.8 Å². The predicted octanol–water partition coefficient (Wildman–Crippen LogP) is 4.05. The normalized spacial score (nSPS) is 12.5. The largest absolute Gasteiger partial charge is 0.416 e. The zero-order valence-corrected chi connectivity index (χ0v) is 12.7. The zero-order chi connectivity index (χ0) is 16.4. The first-order valence-electron chi connectivity index (χ1n) is 6.90. The highest BCUT2D eigenvalue weighted by Gasteiger charge is 2.30. The molecule has 0 radical (unpaired) electrons. The number of rotatable bonds is 3. The third kappa shape index (κ3) is 4.53. The second kappa shape index (κ2) is 6.04. The summed E-state index contributed by atoms with van der Waals surface area (Å²) in [7, 11) is 0. The first-order valence-corrected chi connectivity index (χ1v) is 6.90. The molecule has 2 aromatic rings. The number of alkyl halides is 3. The highest BCUT2D eigenvalue weighted by atomic mass is 19.4.